The van der Waals surface area contributed by atoms with Crippen LogP contribution in [0.15, 0.2) is 12.1 Å². The fourth-order valence-electron chi connectivity index (χ4n) is 2.75. The molecule has 1 aromatic heterocycles. The van der Waals surface area contributed by atoms with Crippen molar-refractivity contribution in [3.05, 3.63) is 21.9 Å². The van der Waals surface area contributed by atoms with E-state index in [1.807, 2.05) is 6.92 Å². The van der Waals surface area contributed by atoms with Gasteiger partial charge in [-0.25, -0.2) is 0 Å². The molecule has 18 heavy (non-hydrogen) atoms. The lowest BCUT2D eigenvalue weighted by molar-refractivity contribution is -0.142. The van der Waals surface area contributed by atoms with Crippen molar-refractivity contribution in [3.63, 3.8) is 0 Å². The van der Waals surface area contributed by atoms with E-state index < -0.39 is 5.60 Å². The smallest absolute Gasteiger partial charge is 0.169 e. The Morgan fingerprint density at radius 1 is 1.28 bits per heavy atom. The van der Waals surface area contributed by atoms with E-state index in [-0.39, 0.29) is 5.78 Å². The molecule has 0 amide bonds. The molecular weight excluding hydrogens is 244 g/mol. The fourth-order valence-corrected chi connectivity index (χ4v) is 3.71. The number of carbonyl (C=O) groups excluding carboxylic acids is 1. The first kappa shape index (κ1) is 13.8. The molecule has 0 saturated heterocycles. The van der Waals surface area contributed by atoms with E-state index in [2.05, 4.69) is 19.1 Å². The molecule has 0 radical (unpaired) electrons. The maximum Gasteiger partial charge on any atom is 0.169 e. The summed E-state index contributed by atoms with van der Waals surface area (Å²) >= 11 is 1.76. The van der Waals surface area contributed by atoms with E-state index in [1.54, 1.807) is 11.3 Å². The Hall–Kier alpha value is -0.670. The number of hydrogen-bond acceptors (Lipinski definition) is 3. The highest BCUT2D eigenvalue weighted by atomic mass is 32.1. The van der Waals surface area contributed by atoms with Gasteiger partial charge in [-0.05, 0) is 51.2 Å². The van der Waals surface area contributed by atoms with E-state index in [1.165, 1.54) is 9.75 Å². The second-order valence-electron chi connectivity index (χ2n) is 4.96. The van der Waals surface area contributed by atoms with Gasteiger partial charge in [0.1, 0.15) is 5.60 Å². The maximum absolute atomic E-state index is 12.5. The zero-order valence-electron chi connectivity index (χ0n) is 11.3. The molecule has 0 bridgehead atoms. The Kier molecular flexibility index (Phi) is 4.57. The van der Waals surface area contributed by atoms with Crippen LogP contribution in [0.5, 0.6) is 0 Å². The molecule has 0 aromatic carbocycles. The third-order valence-corrected chi connectivity index (χ3v) is 4.97. The number of Topliss-reactive ketones (excluding diaryl/α,β-unsaturated/α-hetero) is 1. The predicted molar refractivity (Wildman–Crippen MR) is 75.2 cm³/mol. The van der Waals surface area contributed by atoms with E-state index in [0.717, 1.165) is 32.1 Å². The van der Waals surface area contributed by atoms with E-state index >= 15 is 0 Å². The van der Waals surface area contributed by atoms with Crippen molar-refractivity contribution < 1.29 is 9.53 Å². The summed E-state index contributed by atoms with van der Waals surface area (Å²) in [5.74, 6) is 0.284. The predicted octanol–water partition coefficient (Wildman–Crippen LogP) is 3.77. The Morgan fingerprint density at radius 2 is 1.94 bits per heavy atom. The summed E-state index contributed by atoms with van der Waals surface area (Å²) in [6.45, 7) is 4.76. The average molecular weight is 266 g/mol. The van der Waals surface area contributed by atoms with Gasteiger partial charge in [0, 0.05) is 22.8 Å². The molecule has 0 N–H and O–H groups in total. The molecule has 1 fully saturated rings. The highest BCUT2D eigenvalue weighted by Gasteiger charge is 2.41. The molecule has 1 aliphatic carbocycles. The zero-order chi connectivity index (χ0) is 13.0. The van der Waals surface area contributed by atoms with Crippen molar-refractivity contribution in [1.82, 2.24) is 0 Å². The van der Waals surface area contributed by atoms with E-state index in [0.29, 0.717) is 13.0 Å². The topological polar surface area (TPSA) is 26.3 Å². The number of hydrogen-bond donors (Lipinski definition) is 0. The van der Waals surface area contributed by atoms with Gasteiger partial charge in [-0.2, -0.15) is 0 Å². The fraction of sp³-hybridized carbons (Fsp3) is 0.667. The van der Waals surface area contributed by atoms with E-state index in [4.69, 9.17) is 4.74 Å². The molecule has 0 spiro atoms. The second kappa shape index (κ2) is 5.98. The van der Waals surface area contributed by atoms with Gasteiger partial charge in [0.15, 0.2) is 5.78 Å². The number of carbonyl (C=O) groups is 1. The number of ether oxygens (including phenoxy) is 1. The van der Waals surface area contributed by atoms with Crippen LogP contribution >= 0.6 is 11.3 Å². The van der Waals surface area contributed by atoms with Gasteiger partial charge in [0.25, 0.3) is 0 Å². The summed E-state index contributed by atoms with van der Waals surface area (Å²) < 4.78 is 5.81. The molecule has 3 heteroatoms. The average Bonchev–Trinajstić information content (AvgIpc) is 2.99. The number of rotatable bonds is 6. The largest absolute Gasteiger partial charge is 0.367 e. The Labute approximate surface area is 113 Å². The lowest BCUT2D eigenvalue weighted by Crippen LogP contribution is -2.39. The molecule has 2 nitrogen and oxygen atoms in total. The minimum Gasteiger partial charge on any atom is -0.367 e. The zero-order valence-corrected chi connectivity index (χ0v) is 12.1. The van der Waals surface area contributed by atoms with Crippen molar-refractivity contribution in [2.45, 2.75) is 58.0 Å². The maximum atomic E-state index is 12.5. The van der Waals surface area contributed by atoms with Crippen LogP contribution in [0.25, 0.3) is 0 Å². The second-order valence-corrected chi connectivity index (χ2v) is 6.21. The van der Waals surface area contributed by atoms with Gasteiger partial charge in [-0.1, -0.05) is 6.92 Å². The highest BCUT2D eigenvalue weighted by Crippen LogP contribution is 2.35. The molecule has 1 aliphatic rings. The molecule has 0 aliphatic heterocycles. The third-order valence-electron chi connectivity index (χ3n) is 3.74. The van der Waals surface area contributed by atoms with Gasteiger partial charge >= 0.3 is 0 Å². The number of ketones is 1. The molecule has 100 valence electrons. The van der Waals surface area contributed by atoms with Gasteiger partial charge in [0.2, 0.25) is 0 Å². The number of thiophene rings is 1. The normalized spacial score (nSPS) is 18.1. The van der Waals surface area contributed by atoms with Crippen molar-refractivity contribution in [2.75, 3.05) is 6.61 Å². The van der Waals surface area contributed by atoms with Crippen LogP contribution < -0.4 is 0 Å². The summed E-state index contributed by atoms with van der Waals surface area (Å²) in [6, 6.07) is 4.23. The highest BCUT2D eigenvalue weighted by molar-refractivity contribution is 7.12. The molecule has 1 aromatic rings. The molecule has 0 unspecified atom stereocenters. The quantitative estimate of drug-likeness (QED) is 0.783. The van der Waals surface area contributed by atoms with Crippen LogP contribution in [-0.4, -0.2) is 18.0 Å². The minimum absolute atomic E-state index is 0.284. The van der Waals surface area contributed by atoms with E-state index in [9.17, 15) is 4.79 Å². The van der Waals surface area contributed by atoms with Crippen LogP contribution in [-0.2, 0) is 22.4 Å². The Morgan fingerprint density at radius 3 is 2.50 bits per heavy atom. The summed E-state index contributed by atoms with van der Waals surface area (Å²) in [5.41, 5.74) is -0.467. The lowest BCUT2D eigenvalue weighted by Gasteiger charge is -2.27. The SMILES string of the molecule is CCOC1(C(=O)Cc2ccc(CC)s2)CCCC1. The Bertz CT molecular complexity index is 402. The monoisotopic (exact) mass is 266 g/mol. The summed E-state index contributed by atoms with van der Waals surface area (Å²) in [5, 5.41) is 0. The van der Waals surface area contributed by atoms with Crippen molar-refractivity contribution in [1.29, 1.82) is 0 Å². The molecule has 1 heterocycles. The van der Waals surface area contributed by atoms with Crippen molar-refractivity contribution in [3.8, 4) is 0 Å². The summed E-state index contributed by atoms with van der Waals surface area (Å²) in [7, 11) is 0. The van der Waals surface area contributed by atoms with Gasteiger partial charge in [-0.3, -0.25) is 4.79 Å². The van der Waals surface area contributed by atoms with Crippen molar-refractivity contribution >= 4 is 17.1 Å². The lowest BCUT2D eigenvalue weighted by atomic mass is 9.93. The number of aryl methyl sites for hydroxylation is 1. The van der Waals surface area contributed by atoms with Crippen LogP contribution in [0.1, 0.15) is 49.3 Å². The van der Waals surface area contributed by atoms with Gasteiger partial charge in [-0.15, -0.1) is 11.3 Å². The molecular formula is C15H22O2S. The van der Waals surface area contributed by atoms with Crippen molar-refractivity contribution in [2.24, 2.45) is 0 Å². The van der Waals surface area contributed by atoms with Crippen LogP contribution in [0.3, 0.4) is 0 Å². The molecule has 0 atom stereocenters. The summed E-state index contributed by atoms with van der Waals surface area (Å²) in [4.78, 5) is 15.0. The van der Waals surface area contributed by atoms with Crippen LogP contribution in [0.4, 0.5) is 0 Å². The first-order valence-corrected chi connectivity index (χ1v) is 7.76. The first-order valence-electron chi connectivity index (χ1n) is 6.95. The van der Waals surface area contributed by atoms with Crippen LogP contribution in [0, 0.1) is 0 Å². The van der Waals surface area contributed by atoms with Gasteiger partial charge < -0.3 is 4.74 Å². The molecule has 2 rings (SSSR count). The molecule has 1 saturated carbocycles. The minimum atomic E-state index is -0.467. The standard InChI is InChI=1S/C15H22O2S/c1-3-12-7-8-13(18-12)11-14(16)15(17-4-2)9-5-6-10-15/h7-8H,3-6,9-11H2,1-2H3. The van der Waals surface area contributed by atoms with Gasteiger partial charge in [0.05, 0.1) is 0 Å². The summed E-state index contributed by atoms with van der Waals surface area (Å²) in [6.07, 6.45) is 5.66. The third kappa shape index (κ3) is 2.83. The first-order chi connectivity index (χ1) is 8.70. The Balaban J connectivity index is 2.05. The van der Waals surface area contributed by atoms with Crippen LogP contribution in [0.2, 0.25) is 0 Å².